The summed E-state index contributed by atoms with van der Waals surface area (Å²) in [5.74, 6) is 0.545. The van der Waals surface area contributed by atoms with Gasteiger partial charge < -0.3 is 19.7 Å². The quantitative estimate of drug-likeness (QED) is 0.831. The zero-order valence-electron chi connectivity index (χ0n) is 13.7. The molecule has 7 heteroatoms. The van der Waals surface area contributed by atoms with Gasteiger partial charge in [0, 0.05) is 37.6 Å². The van der Waals surface area contributed by atoms with Gasteiger partial charge >= 0.3 is 6.03 Å². The number of nitrogens with zero attached hydrogens (tertiary/aromatic N) is 2. The van der Waals surface area contributed by atoms with E-state index in [4.69, 9.17) is 21.1 Å². The summed E-state index contributed by atoms with van der Waals surface area (Å²) in [6.07, 6.45) is 3.39. The van der Waals surface area contributed by atoms with Gasteiger partial charge in [-0.2, -0.15) is 0 Å². The van der Waals surface area contributed by atoms with Gasteiger partial charge in [-0.1, -0.05) is 11.6 Å². The van der Waals surface area contributed by atoms with Crippen LogP contribution < -0.4 is 10.1 Å². The molecule has 2 amide bonds. The number of anilines is 1. The van der Waals surface area contributed by atoms with Crippen molar-refractivity contribution in [1.29, 1.82) is 0 Å². The predicted octanol–water partition coefficient (Wildman–Crippen LogP) is 3.42. The van der Waals surface area contributed by atoms with Crippen molar-refractivity contribution >= 4 is 23.3 Å². The standard InChI is InChI=1S/C17H20ClN3O3/c1-23-10-9-21(12-13-5-7-19-8-6-13)17(22)20-15-11-14(18)3-4-16(15)24-2/h3-8,11H,9-10,12H2,1-2H3,(H,20,22). The first-order valence-electron chi connectivity index (χ1n) is 7.41. The van der Waals surface area contributed by atoms with E-state index in [1.807, 2.05) is 12.1 Å². The summed E-state index contributed by atoms with van der Waals surface area (Å²) < 4.78 is 10.4. The summed E-state index contributed by atoms with van der Waals surface area (Å²) in [4.78, 5) is 18.3. The number of ether oxygens (including phenoxy) is 2. The van der Waals surface area contributed by atoms with Crippen molar-refractivity contribution in [1.82, 2.24) is 9.88 Å². The largest absolute Gasteiger partial charge is 0.495 e. The Bertz CT molecular complexity index is 667. The molecular formula is C17H20ClN3O3. The molecule has 0 aliphatic carbocycles. The maximum atomic E-state index is 12.6. The summed E-state index contributed by atoms with van der Waals surface area (Å²) in [6.45, 7) is 1.33. The Morgan fingerprint density at radius 3 is 2.67 bits per heavy atom. The molecule has 1 aromatic carbocycles. The van der Waals surface area contributed by atoms with Gasteiger partial charge in [0.05, 0.1) is 19.4 Å². The van der Waals surface area contributed by atoms with Crippen molar-refractivity contribution in [2.75, 3.05) is 32.7 Å². The van der Waals surface area contributed by atoms with Crippen LogP contribution in [0.5, 0.6) is 5.75 Å². The van der Waals surface area contributed by atoms with Crippen LogP contribution in [0.25, 0.3) is 0 Å². The molecule has 1 heterocycles. The molecular weight excluding hydrogens is 330 g/mol. The Balaban J connectivity index is 2.14. The number of rotatable bonds is 7. The molecule has 0 atom stereocenters. The highest BCUT2D eigenvalue weighted by Gasteiger charge is 2.16. The molecule has 1 N–H and O–H groups in total. The molecule has 128 valence electrons. The second-order valence-corrected chi connectivity index (χ2v) is 5.48. The van der Waals surface area contributed by atoms with Crippen LogP contribution in [0.15, 0.2) is 42.7 Å². The van der Waals surface area contributed by atoms with E-state index in [1.54, 1.807) is 49.7 Å². The Hall–Kier alpha value is -2.31. The Morgan fingerprint density at radius 2 is 2.00 bits per heavy atom. The highest BCUT2D eigenvalue weighted by atomic mass is 35.5. The maximum absolute atomic E-state index is 12.6. The van der Waals surface area contributed by atoms with Crippen LogP contribution in [-0.2, 0) is 11.3 Å². The van der Waals surface area contributed by atoms with Gasteiger partial charge in [-0.05, 0) is 35.9 Å². The van der Waals surface area contributed by atoms with Crippen LogP contribution >= 0.6 is 11.6 Å². The van der Waals surface area contributed by atoms with Crippen LogP contribution in [0, 0.1) is 0 Å². The molecule has 2 rings (SSSR count). The summed E-state index contributed by atoms with van der Waals surface area (Å²) in [7, 11) is 3.14. The minimum Gasteiger partial charge on any atom is -0.495 e. The van der Waals surface area contributed by atoms with E-state index in [1.165, 1.54) is 0 Å². The van der Waals surface area contributed by atoms with E-state index in [0.29, 0.717) is 36.2 Å². The SMILES string of the molecule is COCCN(Cc1ccncc1)C(=O)Nc1cc(Cl)ccc1OC. The second-order valence-electron chi connectivity index (χ2n) is 5.04. The summed E-state index contributed by atoms with van der Waals surface area (Å²) in [5.41, 5.74) is 1.50. The molecule has 0 saturated heterocycles. The van der Waals surface area contributed by atoms with Crippen molar-refractivity contribution in [3.05, 3.63) is 53.3 Å². The lowest BCUT2D eigenvalue weighted by molar-refractivity contribution is 0.153. The number of carbonyl (C=O) groups excluding carboxylic acids is 1. The Morgan fingerprint density at radius 1 is 1.25 bits per heavy atom. The average Bonchev–Trinajstić information content (AvgIpc) is 2.59. The van der Waals surface area contributed by atoms with Gasteiger partial charge in [0.15, 0.2) is 0 Å². The third-order valence-corrected chi connectivity index (χ3v) is 3.61. The molecule has 0 saturated carbocycles. The van der Waals surface area contributed by atoms with Gasteiger partial charge in [-0.3, -0.25) is 4.98 Å². The number of amides is 2. The number of hydrogen-bond donors (Lipinski definition) is 1. The fourth-order valence-corrected chi connectivity index (χ4v) is 2.31. The lowest BCUT2D eigenvalue weighted by Crippen LogP contribution is -2.37. The number of methoxy groups -OCH3 is 2. The minimum atomic E-state index is -0.260. The molecule has 6 nitrogen and oxygen atoms in total. The number of aromatic nitrogens is 1. The van der Waals surface area contributed by atoms with E-state index in [9.17, 15) is 4.79 Å². The predicted molar refractivity (Wildman–Crippen MR) is 93.5 cm³/mol. The smallest absolute Gasteiger partial charge is 0.322 e. The van der Waals surface area contributed by atoms with E-state index >= 15 is 0 Å². The van der Waals surface area contributed by atoms with Crippen molar-refractivity contribution in [3.8, 4) is 5.75 Å². The molecule has 0 radical (unpaired) electrons. The number of hydrogen-bond acceptors (Lipinski definition) is 4. The third-order valence-electron chi connectivity index (χ3n) is 3.38. The fourth-order valence-electron chi connectivity index (χ4n) is 2.13. The number of carbonyl (C=O) groups is 1. The van der Waals surface area contributed by atoms with Gasteiger partial charge in [-0.25, -0.2) is 4.79 Å². The molecule has 2 aromatic rings. The number of halogens is 1. The monoisotopic (exact) mass is 349 g/mol. The lowest BCUT2D eigenvalue weighted by atomic mass is 10.2. The van der Waals surface area contributed by atoms with Crippen LogP contribution in [0.3, 0.4) is 0 Å². The van der Waals surface area contributed by atoms with Crippen LogP contribution in [-0.4, -0.2) is 43.3 Å². The van der Waals surface area contributed by atoms with Gasteiger partial charge in [0.2, 0.25) is 0 Å². The van der Waals surface area contributed by atoms with E-state index in [2.05, 4.69) is 10.3 Å². The van der Waals surface area contributed by atoms with Crippen LogP contribution in [0.1, 0.15) is 5.56 Å². The van der Waals surface area contributed by atoms with Crippen molar-refractivity contribution in [2.24, 2.45) is 0 Å². The first-order valence-corrected chi connectivity index (χ1v) is 7.79. The molecule has 0 unspecified atom stereocenters. The van der Waals surface area contributed by atoms with Crippen LogP contribution in [0.4, 0.5) is 10.5 Å². The number of pyridine rings is 1. The average molecular weight is 350 g/mol. The second kappa shape index (κ2) is 9.10. The van der Waals surface area contributed by atoms with Crippen molar-refractivity contribution in [2.45, 2.75) is 6.54 Å². The van der Waals surface area contributed by atoms with E-state index < -0.39 is 0 Å². The summed E-state index contributed by atoms with van der Waals surface area (Å²) in [6, 6.07) is 8.54. The first-order chi connectivity index (χ1) is 11.6. The molecule has 24 heavy (non-hydrogen) atoms. The number of benzene rings is 1. The highest BCUT2D eigenvalue weighted by molar-refractivity contribution is 6.31. The highest BCUT2D eigenvalue weighted by Crippen LogP contribution is 2.28. The first kappa shape index (κ1) is 18.0. The normalized spacial score (nSPS) is 10.3. The van der Waals surface area contributed by atoms with Crippen LogP contribution in [0.2, 0.25) is 5.02 Å². The molecule has 0 bridgehead atoms. The summed E-state index contributed by atoms with van der Waals surface area (Å²) in [5, 5.41) is 3.36. The van der Waals surface area contributed by atoms with E-state index in [-0.39, 0.29) is 6.03 Å². The Labute approximate surface area is 146 Å². The van der Waals surface area contributed by atoms with Crippen molar-refractivity contribution < 1.29 is 14.3 Å². The van der Waals surface area contributed by atoms with Gasteiger partial charge in [0.1, 0.15) is 5.75 Å². The van der Waals surface area contributed by atoms with E-state index in [0.717, 1.165) is 5.56 Å². The lowest BCUT2D eigenvalue weighted by Gasteiger charge is -2.23. The van der Waals surface area contributed by atoms with Gasteiger partial charge in [0.25, 0.3) is 0 Å². The molecule has 0 aliphatic heterocycles. The zero-order valence-corrected chi connectivity index (χ0v) is 14.4. The van der Waals surface area contributed by atoms with Gasteiger partial charge in [-0.15, -0.1) is 0 Å². The zero-order chi connectivity index (χ0) is 17.4. The molecule has 0 spiro atoms. The molecule has 1 aromatic heterocycles. The molecule has 0 fully saturated rings. The van der Waals surface area contributed by atoms with Crippen molar-refractivity contribution in [3.63, 3.8) is 0 Å². The third kappa shape index (κ3) is 5.11. The minimum absolute atomic E-state index is 0.260. The Kier molecular flexibility index (Phi) is 6.84. The maximum Gasteiger partial charge on any atom is 0.322 e. The topological polar surface area (TPSA) is 63.7 Å². The number of nitrogens with one attached hydrogen (secondary N) is 1. The molecule has 0 aliphatic rings. The fraction of sp³-hybridized carbons (Fsp3) is 0.294. The number of urea groups is 1. The summed E-state index contributed by atoms with van der Waals surface area (Å²) >= 11 is 6.00.